The van der Waals surface area contributed by atoms with E-state index in [1.165, 1.54) is 75.0 Å². The van der Waals surface area contributed by atoms with Crippen LogP contribution in [0.3, 0.4) is 0 Å². The number of rotatable bonds is 5. The third kappa shape index (κ3) is 4.47. The molecule has 47 heavy (non-hydrogen) atoms. The summed E-state index contributed by atoms with van der Waals surface area (Å²) in [6, 6.07) is 33.7. The fraction of sp³-hybridized carbons (Fsp3) is 0.227. The first-order chi connectivity index (χ1) is 23.1. The van der Waals surface area contributed by atoms with Gasteiger partial charge in [0.15, 0.2) is 0 Å². The van der Waals surface area contributed by atoms with E-state index in [2.05, 4.69) is 156 Å². The van der Waals surface area contributed by atoms with Crippen LogP contribution < -0.4 is 5.32 Å². The fourth-order valence-corrected chi connectivity index (χ4v) is 8.58. The van der Waals surface area contributed by atoms with Crippen molar-refractivity contribution in [2.45, 2.75) is 57.8 Å². The topological polar surface area (TPSA) is 21.9 Å². The number of nitrogens with one attached hydrogen (secondary N) is 1. The largest absolute Gasteiger partial charge is 0.355 e. The molecule has 3 nitrogen and oxygen atoms in total. The lowest BCUT2D eigenvalue weighted by Gasteiger charge is -2.35. The van der Waals surface area contributed by atoms with E-state index in [-0.39, 0.29) is 5.41 Å². The average Bonchev–Trinajstić information content (AvgIpc) is 3.63. The van der Waals surface area contributed by atoms with E-state index in [1.54, 1.807) is 5.56 Å². The first-order valence-electron chi connectivity index (χ1n) is 17.4. The molecule has 0 amide bonds. The van der Waals surface area contributed by atoms with E-state index in [4.69, 9.17) is 0 Å². The molecule has 4 aromatic carbocycles. The van der Waals surface area contributed by atoms with Crippen LogP contribution >= 0.6 is 0 Å². The third-order valence-corrected chi connectivity index (χ3v) is 11.1. The lowest BCUT2D eigenvalue weighted by molar-refractivity contribution is 0.459. The Bertz CT molecular complexity index is 2220. The molecule has 6 aromatic rings. The quantitative estimate of drug-likeness (QED) is 0.206. The van der Waals surface area contributed by atoms with Crippen molar-refractivity contribution >= 4 is 39.3 Å². The second-order valence-corrected chi connectivity index (χ2v) is 13.9. The Morgan fingerprint density at radius 2 is 1.43 bits per heavy atom. The smallest absolute Gasteiger partial charge is 0.0541 e. The predicted molar refractivity (Wildman–Crippen MR) is 199 cm³/mol. The van der Waals surface area contributed by atoms with Crippen LogP contribution in [0.2, 0.25) is 0 Å². The van der Waals surface area contributed by atoms with Gasteiger partial charge in [0.25, 0.3) is 0 Å². The summed E-state index contributed by atoms with van der Waals surface area (Å²) in [5.41, 5.74) is 14.4. The van der Waals surface area contributed by atoms with E-state index in [9.17, 15) is 0 Å². The van der Waals surface area contributed by atoms with Crippen LogP contribution in [0, 0.1) is 5.92 Å². The summed E-state index contributed by atoms with van der Waals surface area (Å²) in [4.78, 5) is 0. The fourth-order valence-electron chi connectivity index (χ4n) is 8.58. The minimum absolute atomic E-state index is 0.101. The molecular weight excluding hydrogens is 571 g/mol. The van der Waals surface area contributed by atoms with Crippen LogP contribution in [0.1, 0.15) is 61.2 Å². The third-order valence-electron chi connectivity index (χ3n) is 11.1. The zero-order valence-corrected chi connectivity index (χ0v) is 27.3. The summed E-state index contributed by atoms with van der Waals surface area (Å²) in [6.07, 6.45) is 20.9. The number of para-hydroxylation sites is 3. The van der Waals surface area contributed by atoms with Gasteiger partial charge in [0.1, 0.15) is 0 Å². The summed E-state index contributed by atoms with van der Waals surface area (Å²) >= 11 is 0. The van der Waals surface area contributed by atoms with Crippen molar-refractivity contribution in [3.63, 3.8) is 0 Å². The van der Waals surface area contributed by atoms with Gasteiger partial charge in [0.2, 0.25) is 0 Å². The maximum absolute atomic E-state index is 3.98. The van der Waals surface area contributed by atoms with Crippen LogP contribution in [-0.4, -0.2) is 9.13 Å². The number of allylic oxidation sites excluding steroid dienone is 5. The van der Waals surface area contributed by atoms with Crippen LogP contribution in [0.15, 0.2) is 121 Å². The van der Waals surface area contributed by atoms with Gasteiger partial charge in [-0.25, -0.2) is 0 Å². The highest BCUT2D eigenvalue weighted by atomic mass is 15.0. The van der Waals surface area contributed by atoms with Gasteiger partial charge in [-0.3, -0.25) is 0 Å². The highest BCUT2D eigenvalue weighted by molar-refractivity contribution is 6.09. The summed E-state index contributed by atoms with van der Waals surface area (Å²) < 4.78 is 5.10. The molecule has 232 valence electrons. The molecular formula is C44H41N3. The Balaban J connectivity index is 1.29. The van der Waals surface area contributed by atoms with Gasteiger partial charge in [-0.05, 0) is 97.5 Å². The molecule has 0 aliphatic heterocycles. The highest BCUT2D eigenvalue weighted by Gasteiger charge is 2.32. The number of aromatic nitrogens is 2. The van der Waals surface area contributed by atoms with Gasteiger partial charge in [0, 0.05) is 44.6 Å². The Hall–Kier alpha value is -5.02. The van der Waals surface area contributed by atoms with Gasteiger partial charge in [-0.15, -0.1) is 0 Å². The molecule has 3 aliphatic rings. The average molecular weight is 612 g/mol. The Labute approximate surface area is 277 Å². The van der Waals surface area contributed by atoms with E-state index >= 15 is 0 Å². The van der Waals surface area contributed by atoms with E-state index in [1.807, 2.05) is 0 Å². The number of benzene rings is 4. The maximum atomic E-state index is 3.98. The van der Waals surface area contributed by atoms with Gasteiger partial charge in [0.05, 0.1) is 16.7 Å². The molecule has 0 radical (unpaired) electrons. The summed E-state index contributed by atoms with van der Waals surface area (Å²) in [5.74, 6) is 0.390. The van der Waals surface area contributed by atoms with Crippen molar-refractivity contribution < 1.29 is 0 Å². The van der Waals surface area contributed by atoms with Crippen molar-refractivity contribution in [2.75, 3.05) is 5.32 Å². The monoisotopic (exact) mass is 611 g/mol. The van der Waals surface area contributed by atoms with Crippen LogP contribution in [0.25, 0.3) is 39.3 Å². The van der Waals surface area contributed by atoms with E-state index in [0.29, 0.717) is 5.92 Å². The van der Waals surface area contributed by atoms with Gasteiger partial charge < -0.3 is 14.5 Å². The van der Waals surface area contributed by atoms with Gasteiger partial charge in [-0.1, -0.05) is 105 Å². The molecule has 1 N–H and O–H groups in total. The second kappa shape index (κ2) is 11.1. The minimum Gasteiger partial charge on any atom is -0.355 e. The zero-order chi connectivity index (χ0) is 31.5. The molecule has 2 heterocycles. The summed E-state index contributed by atoms with van der Waals surface area (Å²) in [7, 11) is 0. The number of anilines is 2. The molecule has 0 spiro atoms. The lowest BCUT2D eigenvalue weighted by Crippen LogP contribution is -2.29. The van der Waals surface area contributed by atoms with Crippen LogP contribution in [0.4, 0.5) is 11.4 Å². The normalized spacial score (nSPS) is 20.1. The predicted octanol–water partition coefficient (Wildman–Crippen LogP) is 11.2. The Morgan fingerprint density at radius 1 is 0.723 bits per heavy atom. The van der Waals surface area contributed by atoms with Crippen molar-refractivity contribution in [3.05, 3.63) is 149 Å². The molecule has 0 fully saturated rings. The SMILES string of the molecule is CC1C=CC=CC1(C)c1ccccc1Nc1cc(-n2c3c(c4c2CCCC4)C=CCC3)cc(-n2c3ccccc3c3ccccc32)c1. The molecule has 3 heteroatoms. The van der Waals surface area contributed by atoms with Crippen molar-refractivity contribution in [1.82, 2.24) is 9.13 Å². The van der Waals surface area contributed by atoms with Gasteiger partial charge >= 0.3 is 0 Å². The zero-order valence-electron chi connectivity index (χ0n) is 27.3. The molecule has 2 atom stereocenters. The summed E-state index contributed by atoms with van der Waals surface area (Å²) in [6.45, 7) is 4.69. The lowest BCUT2D eigenvalue weighted by atomic mass is 9.70. The van der Waals surface area contributed by atoms with Crippen LogP contribution in [-0.2, 0) is 24.7 Å². The number of hydrogen-bond donors (Lipinski definition) is 1. The van der Waals surface area contributed by atoms with Crippen molar-refractivity contribution in [2.24, 2.45) is 5.92 Å². The summed E-state index contributed by atoms with van der Waals surface area (Å²) in [5, 5.41) is 6.55. The Kier molecular flexibility index (Phi) is 6.64. The highest BCUT2D eigenvalue weighted by Crippen LogP contribution is 2.43. The molecule has 2 unspecified atom stereocenters. The first kappa shape index (κ1) is 28.2. The first-order valence-corrected chi connectivity index (χ1v) is 17.4. The van der Waals surface area contributed by atoms with E-state index in [0.717, 1.165) is 30.6 Å². The Morgan fingerprint density at radius 3 is 2.21 bits per heavy atom. The van der Waals surface area contributed by atoms with Gasteiger partial charge in [-0.2, -0.15) is 0 Å². The van der Waals surface area contributed by atoms with Crippen LogP contribution in [0.5, 0.6) is 0 Å². The van der Waals surface area contributed by atoms with E-state index < -0.39 is 0 Å². The molecule has 9 rings (SSSR count). The molecule has 0 saturated heterocycles. The number of fused-ring (bicyclic) bond motifs is 6. The molecule has 2 aromatic heterocycles. The molecule has 0 bridgehead atoms. The standard InChI is InChI=1S/C44H41N3/c1-30-15-13-14-26-44(30,2)38-20-7-8-21-39(38)45-31-27-32(46-40-22-9-3-16-34(40)35-17-4-10-23-41(35)46)29-33(28-31)47-42-24-11-5-18-36(42)37-19-6-12-25-43(37)47/h3-5,7-10,13-18,20-23,26-30,45H,6,11-12,19,24-25H2,1-2H3. The minimum atomic E-state index is -0.101. The maximum Gasteiger partial charge on any atom is 0.0541 e. The number of nitrogens with zero attached hydrogens (tertiary/aromatic N) is 2. The molecule has 0 saturated carbocycles. The molecule has 3 aliphatic carbocycles. The second-order valence-electron chi connectivity index (χ2n) is 13.9. The van der Waals surface area contributed by atoms with Crippen molar-refractivity contribution in [3.8, 4) is 11.4 Å². The number of hydrogen-bond acceptors (Lipinski definition) is 1. The van der Waals surface area contributed by atoms with Crippen molar-refractivity contribution in [1.29, 1.82) is 0 Å².